The second-order valence-corrected chi connectivity index (χ2v) is 3.81. The van der Waals surface area contributed by atoms with Gasteiger partial charge in [-0.25, -0.2) is 0 Å². The lowest BCUT2D eigenvalue weighted by atomic mass is 9.83. The standard InChI is InChI=1S/C11H17ClO2/c1-4-10(6-5-7-12)11(8(2)13)9(3)14/h4,10-11H,1,5-7H2,2-3H3/t10-/m1/s1. The number of Topliss-reactive ketones (excluding diaryl/α,β-unsaturated/α-hetero) is 2. The molecule has 0 aromatic rings. The second-order valence-electron chi connectivity index (χ2n) is 3.43. The highest BCUT2D eigenvalue weighted by Crippen LogP contribution is 2.21. The van der Waals surface area contributed by atoms with Gasteiger partial charge >= 0.3 is 0 Å². The van der Waals surface area contributed by atoms with Gasteiger partial charge in [0.1, 0.15) is 11.6 Å². The fourth-order valence-corrected chi connectivity index (χ4v) is 1.78. The van der Waals surface area contributed by atoms with Crippen LogP contribution in [0.4, 0.5) is 0 Å². The van der Waals surface area contributed by atoms with Gasteiger partial charge in [0.25, 0.3) is 0 Å². The van der Waals surface area contributed by atoms with E-state index < -0.39 is 5.92 Å². The third-order valence-corrected chi connectivity index (χ3v) is 2.55. The van der Waals surface area contributed by atoms with Crippen LogP contribution in [0.25, 0.3) is 0 Å². The Kier molecular flexibility index (Phi) is 6.46. The molecule has 2 nitrogen and oxygen atoms in total. The molecule has 0 radical (unpaired) electrons. The predicted octanol–water partition coefficient (Wildman–Crippen LogP) is 2.60. The van der Waals surface area contributed by atoms with Gasteiger partial charge in [-0.1, -0.05) is 6.08 Å². The molecule has 80 valence electrons. The predicted molar refractivity (Wildman–Crippen MR) is 58.5 cm³/mol. The molecule has 0 amide bonds. The molecule has 0 saturated carbocycles. The van der Waals surface area contributed by atoms with E-state index in [1.165, 1.54) is 13.8 Å². The van der Waals surface area contributed by atoms with Crippen LogP contribution in [0.1, 0.15) is 26.7 Å². The molecule has 0 fully saturated rings. The van der Waals surface area contributed by atoms with Crippen molar-refractivity contribution < 1.29 is 9.59 Å². The van der Waals surface area contributed by atoms with Crippen LogP contribution in [0.5, 0.6) is 0 Å². The molecule has 0 aliphatic rings. The Balaban J connectivity index is 4.50. The maximum Gasteiger partial charge on any atom is 0.140 e. The molecule has 0 bridgehead atoms. The van der Waals surface area contributed by atoms with E-state index in [1.54, 1.807) is 6.08 Å². The SMILES string of the molecule is C=C[C@H](CCCCl)C(C(C)=O)C(C)=O. The average molecular weight is 217 g/mol. The minimum absolute atomic E-state index is 0.0660. The number of halogens is 1. The van der Waals surface area contributed by atoms with Crippen LogP contribution < -0.4 is 0 Å². The first kappa shape index (κ1) is 13.4. The molecule has 0 aliphatic heterocycles. The number of alkyl halides is 1. The topological polar surface area (TPSA) is 34.1 Å². The average Bonchev–Trinajstić information content (AvgIpc) is 2.10. The van der Waals surface area contributed by atoms with Crippen LogP contribution in [0.3, 0.4) is 0 Å². The zero-order chi connectivity index (χ0) is 11.1. The summed E-state index contributed by atoms with van der Waals surface area (Å²) in [6.07, 6.45) is 3.23. The summed E-state index contributed by atoms with van der Waals surface area (Å²) in [5, 5.41) is 0. The molecule has 0 saturated heterocycles. The third-order valence-electron chi connectivity index (χ3n) is 2.28. The van der Waals surface area contributed by atoms with Gasteiger partial charge in [0.15, 0.2) is 0 Å². The smallest absolute Gasteiger partial charge is 0.140 e. The summed E-state index contributed by atoms with van der Waals surface area (Å²) >= 11 is 5.56. The van der Waals surface area contributed by atoms with Gasteiger partial charge in [-0.15, -0.1) is 18.2 Å². The summed E-state index contributed by atoms with van der Waals surface area (Å²) in [6, 6.07) is 0. The maximum atomic E-state index is 11.2. The summed E-state index contributed by atoms with van der Waals surface area (Å²) < 4.78 is 0. The Morgan fingerprint density at radius 2 is 1.86 bits per heavy atom. The van der Waals surface area contributed by atoms with Gasteiger partial charge in [0, 0.05) is 5.88 Å². The first-order valence-corrected chi connectivity index (χ1v) is 5.27. The molecule has 0 rings (SSSR count). The Morgan fingerprint density at radius 3 is 2.14 bits per heavy atom. The Morgan fingerprint density at radius 1 is 1.36 bits per heavy atom. The van der Waals surface area contributed by atoms with Crippen molar-refractivity contribution in [1.82, 2.24) is 0 Å². The maximum absolute atomic E-state index is 11.2. The van der Waals surface area contributed by atoms with E-state index in [0.717, 1.165) is 12.8 Å². The highest BCUT2D eigenvalue weighted by atomic mass is 35.5. The van der Waals surface area contributed by atoms with Crippen molar-refractivity contribution in [3.05, 3.63) is 12.7 Å². The van der Waals surface area contributed by atoms with Crippen molar-refractivity contribution in [3.8, 4) is 0 Å². The number of carbonyl (C=O) groups is 2. The van der Waals surface area contributed by atoms with Gasteiger partial charge in [-0.2, -0.15) is 0 Å². The third kappa shape index (κ3) is 4.05. The molecular formula is C11H17ClO2. The van der Waals surface area contributed by atoms with Gasteiger partial charge in [-0.3, -0.25) is 9.59 Å². The van der Waals surface area contributed by atoms with E-state index in [1.807, 2.05) is 0 Å². The quantitative estimate of drug-likeness (QED) is 0.373. The zero-order valence-electron chi connectivity index (χ0n) is 8.75. The molecule has 0 spiro atoms. The lowest BCUT2D eigenvalue weighted by Gasteiger charge is -2.19. The normalized spacial score (nSPS) is 12.6. The number of allylic oxidation sites excluding steroid dienone is 1. The molecule has 3 heteroatoms. The summed E-state index contributed by atoms with van der Waals surface area (Å²) in [6.45, 7) is 6.55. The minimum atomic E-state index is -0.532. The van der Waals surface area contributed by atoms with Crippen molar-refractivity contribution >= 4 is 23.2 Å². The molecule has 0 unspecified atom stereocenters. The van der Waals surface area contributed by atoms with E-state index in [2.05, 4.69) is 6.58 Å². The number of hydrogen-bond acceptors (Lipinski definition) is 2. The van der Waals surface area contributed by atoms with E-state index in [0.29, 0.717) is 5.88 Å². The van der Waals surface area contributed by atoms with Crippen molar-refractivity contribution in [2.24, 2.45) is 11.8 Å². The molecule has 0 aliphatic carbocycles. The number of ketones is 2. The lowest BCUT2D eigenvalue weighted by molar-refractivity contribution is -0.131. The van der Waals surface area contributed by atoms with E-state index in [-0.39, 0.29) is 17.5 Å². The zero-order valence-corrected chi connectivity index (χ0v) is 9.51. The first-order chi connectivity index (χ1) is 6.54. The van der Waals surface area contributed by atoms with Gasteiger partial charge < -0.3 is 0 Å². The van der Waals surface area contributed by atoms with Gasteiger partial charge in [0.2, 0.25) is 0 Å². The largest absolute Gasteiger partial charge is 0.299 e. The highest BCUT2D eigenvalue weighted by Gasteiger charge is 2.26. The molecule has 0 aromatic carbocycles. The Hall–Kier alpha value is -0.630. The Bertz CT molecular complexity index is 209. The van der Waals surface area contributed by atoms with Crippen LogP contribution in [-0.4, -0.2) is 17.4 Å². The van der Waals surface area contributed by atoms with Crippen molar-refractivity contribution in [2.75, 3.05) is 5.88 Å². The number of rotatable bonds is 7. The van der Waals surface area contributed by atoms with Crippen molar-refractivity contribution in [1.29, 1.82) is 0 Å². The van der Waals surface area contributed by atoms with Crippen LogP contribution in [0, 0.1) is 11.8 Å². The number of carbonyl (C=O) groups excluding carboxylic acids is 2. The molecule has 0 heterocycles. The fraction of sp³-hybridized carbons (Fsp3) is 0.636. The Labute approximate surface area is 90.3 Å². The molecular weight excluding hydrogens is 200 g/mol. The van der Waals surface area contributed by atoms with Crippen LogP contribution in [0.2, 0.25) is 0 Å². The van der Waals surface area contributed by atoms with Crippen molar-refractivity contribution in [3.63, 3.8) is 0 Å². The summed E-state index contributed by atoms with van der Waals surface area (Å²) in [7, 11) is 0. The molecule has 14 heavy (non-hydrogen) atoms. The minimum Gasteiger partial charge on any atom is -0.299 e. The summed E-state index contributed by atoms with van der Waals surface area (Å²) in [5.41, 5.74) is 0. The molecule has 1 atom stereocenters. The van der Waals surface area contributed by atoms with Crippen molar-refractivity contribution in [2.45, 2.75) is 26.7 Å². The lowest BCUT2D eigenvalue weighted by Crippen LogP contribution is -2.27. The van der Waals surface area contributed by atoms with Crippen LogP contribution >= 0.6 is 11.6 Å². The monoisotopic (exact) mass is 216 g/mol. The summed E-state index contributed by atoms with van der Waals surface area (Å²) in [4.78, 5) is 22.5. The molecule has 0 N–H and O–H groups in total. The van der Waals surface area contributed by atoms with E-state index in [4.69, 9.17) is 11.6 Å². The second kappa shape index (κ2) is 6.77. The molecule has 0 aromatic heterocycles. The first-order valence-electron chi connectivity index (χ1n) is 4.74. The van der Waals surface area contributed by atoms with Crippen LogP contribution in [-0.2, 0) is 9.59 Å². The van der Waals surface area contributed by atoms with Gasteiger partial charge in [-0.05, 0) is 32.6 Å². The summed E-state index contributed by atoms with van der Waals surface area (Å²) in [5.74, 6) is -0.222. The van der Waals surface area contributed by atoms with E-state index >= 15 is 0 Å². The fourth-order valence-electron chi connectivity index (χ4n) is 1.62. The van der Waals surface area contributed by atoms with E-state index in [9.17, 15) is 9.59 Å². The van der Waals surface area contributed by atoms with Gasteiger partial charge in [0.05, 0.1) is 5.92 Å². The number of hydrogen-bond donors (Lipinski definition) is 0. The highest BCUT2D eigenvalue weighted by molar-refractivity contribution is 6.17. The van der Waals surface area contributed by atoms with Crippen LogP contribution in [0.15, 0.2) is 12.7 Å².